The maximum Gasteiger partial charge on any atom is 0.221 e. The van der Waals surface area contributed by atoms with Gasteiger partial charge < -0.3 is 10.6 Å². The van der Waals surface area contributed by atoms with E-state index in [1.807, 2.05) is 6.92 Å². The van der Waals surface area contributed by atoms with Crippen molar-refractivity contribution in [1.82, 2.24) is 15.5 Å². The van der Waals surface area contributed by atoms with Gasteiger partial charge >= 0.3 is 0 Å². The zero-order valence-corrected chi connectivity index (χ0v) is 10.6. The highest BCUT2D eigenvalue weighted by Gasteiger charge is 2.21. The number of amides is 1. The zero-order chi connectivity index (χ0) is 11.8. The van der Waals surface area contributed by atoms with Crippen molar-refractivity contribution in [2.24, 2.45) is 0 Å². The molecule has 1 rings (SSSR count). The van der Waals surface area contributed by atoms with Crippen LogP contribution in [-0.2, 0) is 4.79 Å². The molecule has 0 radical (unpaired) electrons. The van der Waals surface area contributed by atoms with Gasteiger partial charge in [0.05, 0.1) is 0 Å². The molecule has 0 bridgehead atoms. The Kier molecular flexibility index (Phi) is 6.42. The summed E-state index contributed by atoms with van der Waals surface area (Å²) in [5, 5.41) is 6.23. The number of rotatable bonds is 7. The maximum absolute atomic E-state index is 11.4. The molecule has 1 amide bonds. The monoisotopic (exact) mass is 227 g/mol. The second kappa shape index (κ2) is 7.63. The van der Waals surface area contributed by atoms with Gasteiger partial charge in [-0.3, -0.25) is 9.69 Å². The van der Waals surface area contributed by atoms with E-state index in [9.17, 15) is 4.79 Å². The van der Waals surface area contributed by atoms with Gasteiger partial charge in [-0.25, -0.2) is 0 Å². The minimum absolute atomic E-state index is 0.176. The van der Waals surface area contributed by atoms with Crippen LogP contribution in [0.2, 0.25) is 0 Å². The first-order valence-corrected chi connectivity index (χ1v) is 6.49. The van der Waals surface area contributed by atoms with Crippen molar-refractivity contribution in [1.29, 1.82) is 0 Å². The molecule has 4 heteroatoms. The molecule has 1 saturated heterocycles. The molecule has 1 aliphatic heterocycles. The van der Waals surface area contributed by atoms with Gasteiger partial charge in [-0.1, -0.05) is 6.92 Å². The summed E-state index contributed by atoms with van der Waals surface area (Å²) >= 11 is 0. The number of hydrogen-bond donors (Lipinski definition) is 2. The van der Waals surface area contributed by atoms with Crippen molar-refractivity contribution < 1.29 is 4.79 Å². The highest BCUT2D eigenvalue weighted by atomic mass is 16.1. The molecule has 0 aliphatic carbocycles. The van der Waals surface area contributed by atoms with Crippen molar-refractivity contribution in [3.8, 4) is 0 Å². The van der Waals surface area contributed by atoms with Crippen molar-refractivity contribution in [3.63, 3.8) is 0 Å². The van der Waals surface area contributed by atoms with Gasteiger partial charge in [-0.15, -0.1) is 0 Å². The van der Waals surface area contributed by atoms with Crippen LogP contribution in [0.1, 0.15) is 33.1 Å². The van der Waals surface area contributed by atoms with Gasteiger partial charge in [0, 0.05) is 32.1 Å². The molecule has 1 aliphatic rings. The number of nitrogens with zero attached hydrogens (tertiary/aromatic N) is 1. The summed E-state index contributed by atoms with van der Waals surface area (Å²) in [6.45, 7) is 9.08. The fraction of sp³-hybridized carbons (Fsp3) is 0.917. The van der Waals surface area contributed by atoms with E-state index < -0.39 is 0 Å². The van der Waals surface area contributed by atoms with Gasteiger partial charge in [-0.2, -0.15) is 0 Å². The van der Waals surface area contributed by atoms with E-state index in [-0.39, 0.29) is 5.91 Å². The quantitative estimate of drug-likeness (QED) is 0.669. The fourth-order valence-electron chi connectivity index (χ4n) is 2.25. The predicted octanol–water partition coefficient (Wildman–Crippen LogP) is 0.587. The molecule has 0 spiro atoms. The van der Waals surface area contributed by atoms with Crippen LogP contribution < -0.4 is 10.6 Å². The van der Waals surface area contributed by atoms with Crippen LogP contribution in [-0.4, -0.2) is 49.6 Å². The van der Waals surface area contributed by atoms with Gasteiger partial charge in [-0.05, 0) is 32.9 Å². The number of nitrogens with one attached hydrogen (secondary N) is 2. The van der Waals surface area contributed by atoms with E-state index in [2.05, 4.69) is 22.5 Å². The Morgan fingerprint density at radius 1 is 1.44 bits per heavy atom. The minimum Gasteiger partial charge on any atom is -0.356 e. The Bertz CT molecular complexity index is 202. The lowest BCUT2D eigenvalue weighted by atomic mass is 10.2. The van der Waals surface area contributed by atoms with Gasteiger partial charge in [0.2, 0.25) is 5.91 Å². The molecule has 0 aromatic rings. The third-order valence-electron chi connectivity index (χ3n) is 3.06. The standard InChI is InChI=1S/C12H25N3O/c1-3-8-15(11-5-7-13-10-11)9-6-12(16)14-4-2/h11,13H,3-10H2,1-2H3,(H,14,16). The molecule has 1 heterocycles. The average molecular weight is 227 g/mol. The van der Waals surface area contributed by atoms with E-state index in [4.69, 9.17) is 0 Å². The van der Waals surface area contributed by atoms with Crippen LogP contribution in [0.3, 0.4) is 0 Å². The predicted molar refractivity (Wildman–Crippen MR) is 66.4 cm³/mol. The normalized spacial score (nSPS) is 20.3. The molecule has 2 N–H and O–H groups in total. The van der Waals surface area contributed by atoms with Gasteiger partial charge in [0.1, 0.15) is 0 Å². The minimum atomic E-state index is 0.176. The summed E-state index contributed by atoms with van der Waals surface area (Å²) in [4.78, 5) is 13.9. The number of hydrogen-bond acceptors (Lipinski definition) is 3. The van der Waals surface area contributed by atoms with Gasteiger partial charge in [0.25, 0.3) is 0 Å². The lowest BCUT2D eigenvalue weighted by Crippen LogP contribution is -2.40. The van der Waals surface area contributed by atoms with Crippen molar-refractivity contribution in [3.05, 3.63) is 0 Å². The first kappa shape index (κ1) is 13.5. The molecular weight excluding hydrogens is 202 g/mol. The molecule has 1 atom stereocenters. The average Bonchev–Trinajstić information content (AvgIpc) is 2.78. The summed E-state index contributed by atoms with van der Waals surface area (Å²) in [5.41, 5.74) is 0. The highest BCUT2D eigenvalue weighted by molar-refractivity contribution is 5.75. The molecule has 0 aromatic heterocycles. The maximum atomic E-state index is 11.4. The molecular formula is C12H25N3O. The largest absolute Gasteiger partial charge is 0.356 e. The van der Waals surface area contributed by atoms with Crippen molar-refractivity contribution in [2.45, 2.75) is 39.2 Å². The van der Waals surface area contributed by atoms with Gasteiger partial charge in [0.15, 0.2) is 0 Å². The lowest BCUT2D eigenvalue weighted by Gasteiger charge is -2.27. The van der Waals surface area contributed by atoms with E-state index in [1.54, 1.807) is 0 Å². The molecule has 4 nitrogen and oxygen atoms in total. The highest BCUT2D eigenvalue weighted by Crippen LogP contribution is 2.09. The molecule has 1 fully saturated rings. The topological polar surface area (TPSA) is 44.4 Å². The zero-order valence-electron chi connectivity index (χ0n) is 10.6. The summed E-state index contributed by atoms with van der Waals surface area (Å²) in [6, 6.07) is 0.634. The van der Waals surface area contributed by atoms with Crippen molar-refractivity contribution in [2.75, 3.05) is 32.7 Å². The summed E-state index contributed by atoms with van der Waals surface area (Å²) in [5.74, 6) is 0.176. The third-order valence-corrected chi connectivity index (χ3v) is 3.06. The summed E-state index contributed by atoms with van der Waals surface area (Å²) in [7, 11) is 0. The Labute approximate surface area is 98.8 Å². The Morgan fingerprint density at radius 3 is 2.81 bits per heavy atom. The van der Waals surface area contributed by atoms with Crippen LogP contribution in [0.15, 0.2) is 0 Å². The van der Waals surface area contributed by atoms with Crippen LogP contribution in [0.5, 0.6) is 0 Å². The van der Waals surface area contributed by atoms with Crippen LogP contribution in [0.25, 0.3) is 0 Å². The summed E-state index contributed by atoms with van der Waals surface area (Å²) < 4.78 is 0. The van der Waals surface area contributed by atoms with E-state index in [0.29, 0.717) is 12.5 Å². The van der Waals surface area contributed by atoms with E-state index in [0.717, 1.165) is 39.1 Å². The number of carbonyl (C=O) groups is 1. The first-order chi connectivity index (χ1) is 7.77. The molecule has 0 saturated carbocycles. The van der Waals surface area contributed by atoms with Crippen molar-refractivity contribution >= 4 is 5.91 Å². The summed E-state index contributed by atoms with van der Waals surface area (Å²) in [6.07, 6.45) is 3.01. The third kappa shape index (κ3) is 4.49. The first-order valence-electron chi connectivity index (χ1n) is 6.49. The molecule has 94 valence electrons. The van der Waals surface area contributed by atoms with Crippen LogP contribution >= 0.6 is 0 Å². The van der Waals surface area contributed by atoms with E-state index in [1.165, 1.54) is 6.42 Å². The Balaban J connectivity index is 2.29. The Hall–Kier alpha value is -0.610. The molecule has 0 aromatic carbocycles. The molecule has 16 heavy (non-hydrogen) atoms. The second-order valence-electron chi connectivity index (χ2n) is 4.39. The smallest absolute Gasteiger partial charge is 0.221 e. The van der Waals surface area contributed by atoms with E-state index >= 15 is 0 Å². The molecule has 1 unspecified atom stereocenters. The second-order valence-corrected chi connectivity index (χ2v) is 4.39. The van der Waals surface area contributed by atoms with Crippen LogP contribution in [0.4, 0.5) is 0 Å². The number of carbonyl (C=O) groups excluding carboxylic acids is 1. The fourth-order valence-corrected chi connectivity index (χ4v) is 2.25. The lowest BCUT2D eigenvalue weighted by molar-refractivity contribution is -0.121. The Morgan fingerprint density at radius 2 is 2.25 bits per heavy atom. The van der Waals surface area contributed by atoms with Crippen LogP contribution in [0, 0.1) is 0 Å². The SMILES string of the molecule is CCCN(CCC(=O)NCC)C1CCNC1.